The van der Waals surface area contributed by atoms with Crippen molar-refractivity contribution >= 4 is 17.4 Å². The first kappa shape index (κ1) is 15.8. The SMILES string of the molecule is CCC(C)Nc1ccc(C(=O)Nc2ccc(OC)cc2)nn1. The first-order valence-corrected chi connectivity index (χ1v) is 7.18. The second-order valence-corrected chi connectivity index (χ2v) is 4.94. The summed E-state index contributed by atoms with van der Waals surface area (Å²) in [6.07, 6.45) is 0.987. The molecule has 0 aliphatic heterocycles. The predicted octanol–water partition coefficient (Wildman–Crippen LogP) is 2.95. The van der Waals surface area contributed by atoms with Crippen molar-refractivity contribution in [3.8, 4) is 5.75 Å². The Morgan fingerprint density at radius 1 is 1.18 bits per heavy atom. The maximum Gasteiger partial charge on any atom is 0.276 e. The van der Waals surface area contributed by atoms with Crippen LogP contribution in [0.1, 0.15) is 30.8 Å². The average molecular weight is 300 g/mol. The van der Waals surface area contributed by atoms with E-state index in [1.807, 2.05) is 0 Å². The van der Waals surface area contributed by atoms with Crippen LogP contribution in [0.4, 0.5) is 11.5 Å². The molecule has 6 nitrogen and oxygen atoms in total. The van der Waals surface area contributed by atoms with Gasteiger partial charge in [0.25, 0.3) is 5.91 Å². The van der Waals surface area contributed by atoms with Crippen LogP contribution in [0.25, 0.3) is 0 Å². The first-order valence-electron chi connectivity index (χ1n) is 7.18. The van der Waals surface area contributed by atoms with Crippen LogP contribution in [0.5, 0.6) is 5.75 Å². The van der Waals surface area contributed by atoms with Gasteiger partial charge in [-0.05, 0) is 49.7 Å². The van der Waals surface area contributed by atoms with E-state index in [1.165, 1.54) is 0 Å². The fraction of sp³-hybridized carbons (Fsp3) is 0.312. The van der Waals surface area contributed by atoms with Crippen LogP contribution in [0.3, 0.4) is 0 Å². The maximum atomic E-state index is 12.1. The Morgan fingerprint density at radius 3 is 2.45 bits per heavy atom. The lowest BCUT2D eigenvalue weighted by Gasteiger charge is -2.11. The van der Waals surface area contributed by atoms with E-state index in [-0.39, 0.29) is 11.6 Å². The molecule has 2 N–H and O–H groups in total. The molecule has 0 radical (unpaired) electrons. The predicted molar refractivity (Wildman–Crippen MR) is 86.4 cm³/mol. The van der Waals surface area contributed by atoms with Crippen molar-refractivity contribution in [3.05, 3.63) is 42.1 Å². The van der Waals surface area contributed by atoms with Gasteiger partial charge in [0, 0.05) is 11.7 Å². The van der Waals surface area contributed by atoms with Gasteiger partial charge in [0.1, 0.15) is 11.6 Å². The highest BCUT2D eigenvalue weighted by Crippen LogP contribution is 2.15. The minimum atomic E-state index is -0.298. The molecule has 0 fully saturated rings. The smallest absolute Gasteiger partial charge is 0.276 e. The molecule has 1 atom stereocenters. The second kappa shape index (κ2) is 7.40. The molecule has 0 spiro atoms. The van der Waals surface area contributed by atoms with E-state index in [4.69, 9.17) is 4.74 Å². The van der Waals surface area contributed by atoms with Crippen LogP contribution in [0, 0.1) is 0 Å². The highest BCUT2D eigenvalue weighted by molar-refractivity contribution is 6.02. The van der Waals surface area contributed by atoms with Crippen molar-refractivity contribution in [2.45, 2.75) is 26.3 Å². The number of nitrogens with one attached hydrogen (secondary N) is 2. The van der Waals surface area contributed by atoms with Gasteiger partial charge in [0.2, 0.25) is 0 Å². The lowest BCUT2D eigenvalue weighted by atomic mass is 10.2. The van der Waals surface area contributed by atoms with E-state index in [1.54, 1.807) is 43.5 Å². The minimum Gasteiger partial charge on any atom is -0.497 e. The molecule has 1 amide bonds. The van der Waals surface area contributed by atoms with Gasteiger partial charge in [-0.3, -0.25) is 4.79 Å². The highest BCUT2D eigenvalue weighted by Gasteiger charge is 2.09. The van der Waals surface area contributed by atoms with Crippen molar-refractivity contribution in [2.24, 2.45) is 0 Å². The van der Waals surface area contributed by atoms with Crippen LogP contribution in [-0.2, 0) is 0 Å². The Kier molecular flexibility index (Phi) is 5.30. The van der Waals surface area contributed by atoms with Crippen molar-refractivity contribution in [3.63, 3.8) is 0 Å². The normalized spacial score (nSPS) is 11.6. The van der Waals surface area contributed by atoms with Gasteiger partial charge in [0.05, 0.1) is 7.11 Å². The number of anilines is 2. The molecule has 0 aliphatic rings. The van der Waals surface area contributed by atoms with Gasteiger partial charge in [-0.15, -0.1) is 10.2 Å². The molecule has 1 aromatic heterocycles. The zero-order chi connectivity index (χ0) is 15.9. The number of nitrogens with zero attached hydrogens (tertiary/aromatic N) is 2. The minimum absolute atomic E-state index is 0.269. The lowest BCUT2D eigenvalue weighted by Crippen LogP contribution is -2.17. The van der Waals surface area contributed by atoms with E-state index in [9.17, 15) is 4.79 Å². The second-order valence-electron chi connectivity index (χ2n) is 4.94. The van der Waals surface area contributed by atoms with E-state index in [2.05, 4.69) is 34.7 Å². The van der Waals surface area contributed by atoms with Gasteiger partial charge in [-0.2, -0.15) is 0 Å². The van der Waals surface area contributed by atoms with Crippen molar-refractivity contribution in [1.82, 2.24) is 10.2 Å². The number of carbonyl (C=O) groups is 1. The third kappa shape index (κ3) is 4.18. The fourth-order valence-corrected chi connectivity index (χ4v) is 1.75. The molecule has 0 saturated carbocycles. The number of ether oxygens (including phenoxy) is 1. The summed E-state index contributed by atoms with van der Waals surface area (Å²) >= 11 is 0. The van der Waals surface area contributed by atoms with Crippen molar-refractivity contribution < 1.29 is 9.53 Å². The number of benzene rings is 1. The third-order valence-electron chi connectivity index (χ3n) is 3.25. The largest absolute Gasteiger partial charge is 0.497 e. The van der Waals surface area contributed by atoms with Gasteiger partial charge in [0.15, 0.2) is 5.69 Å². The topological polar surface area (TPSA) is 76.1 Å². The lowest BCUT2D eigenvalue weighted by molar-refractivity contribution is 0.102. The number of hydrogen-bond donors (Lipinski definition) is 2. The molecular formula is C16H20N4O2. The van der Waals surface area contributed by atoms with Crippen LogP contribution >= 0.6 is 0 Å². The summed E-state index contributed by atoms with van der Waals surface area (Å²) in [4.78, 5) is 12.1. The van der Waals surface area contributed by atoms with E-state index < -0.39 is 0 Å². The average Bonchev–Trinajstić information content (AvgIpc) is 2.56. The summed E-state index contributed by atoms with van der Waals surface area (Å²) in [6.45, 7) is 4.15. The molecule has 2 rings (SSSR count). The molecular weight excluding hydrogens is 280 g/mol. The molecule has 0 bridgehead atoms. The Hall–Kier alpha value is -2.63. The third-order valence-corrected chi connectivity index (χ3v) is 3.25. The quantitative estimate of drug-likeness (QED) is 0.857. The summed E-state index contributed by atoms with van der Waals surface area (Å²) in [5.41, 5.74) is 0.944. The van der Waals surface area contributed by atoms with Gasteiger partial charge < -0.3 is 15.4 Å². The highest BCUT2D eigenvalue weighted by atomic mass is 16.5. The zero-order valence-electron chi connectivity index (χ0n) is 13.0. The monoisotopic (exact) mass is 300 g/mol. The Balaban J connectivity index is 1.99. The molecule has 22 heavy (non-hydrogen) atoms. The molecule has 116 valence electrons. The summed E-state index contributed by atoms with van der Waals surface area (Å²) in [5.74, 6) is 1.10. The summed E-state index contributed by atoms with van der Waals surface area (Å²) in [6, 6.07) is 10.8. The number of rotatable bonds is 6. The molecule has 0 aliphatic carbocycles. The number of methoxy groups -OCH3 is 1. The Morgan fingerprint density at radius 2 is 1.91 bits per heavy atom. The molecule has 1 aromatic carbocycles. The first-order chi connectivity index (χ1) is 10.6. The number of hydrogen-bond acceptors (Lipinski definition) is 5. The molecule has 2 aromatic rings. The van der Waals surface area contributed by atoms with Gasteiger partial charge in [-0.1, -0.05) is 6.92 Å². The van der Waals surface area contributed by atoms with Crippen LogP contribution in [0.15, 0.2) is 36.4 Å². The summed E-state index contributed by atoms with van der Waals surface area (Å²) in [7, 11) is 1.60. The van der Waals surface area contributed by atoms with Crippen LogP contribution in [-0.4, -0.2) is 29.3 Å². The van der Waals surface area contributed by atoms with Gasteiger partial charge in [-0.25, -0.2) is 0 Å². The molecule has 1 heterocycles. The summed E-state index contributed by atoms with van der Waals surface area (Å²) < 4.78 is 5.07. The standard InChI is InChI=1S/C16H20N4O2/c1-4-11(2)17-15-10-9-14(19-20-15)16(21)18-12-5-7-13(22-3)8-6-12/h5-11H,4H2,1-3H3,(H,17,20)(H,18,21). The fourth-order valence-electron chi connectivity index (χ4n) is 1.75. The van der Waals surface area contributed by atoms with E-state index in [0.29, 0.717) is 17.5 Å². The van der Waals surface area contributed by atoms with Gasteiger partial charge >= 0.3 is 0 Å². The number of carbonyl (C=O) groups excluding carboxylic acids is 1. The zero-order valence-corrected chi connectivity index (χ0v) is 13.0. The van der Waals surface area contributed by atoms with Crippen molar-refractivity contribution in [2.75, 3.05) is 17.7 Å². The Bertz CT molecular complexity index is 611. The van der Waals surface area contributed by atoms with Crippen LogP contribution in [0.2, 0.25) is 0 Å². The van der Waals surface area contributed by atoms with E-state index >= 15 is 0 Å². The summed E-state index contributed by atoms with van der Waals surface area (Å²) in [5, 5.41) is 13.9. The Labute approximate surface area is 129 Å². The maximum absolute atomic E-state index is 12.1. The molecule has 0 saturated heterocycles. The number of aromatic nitrogens is 2. The van der Waals surface area contributed by atoms with Crippen molar-refractivity contribution in [1.29, 1.82) is 0 Å². The molecule has 1 unspecified atom stereocenters. The molecule has 6 heteroatoms. The van der Waals surface area contributed by atoms with E-state index in [0.717, 1.165) is 12.2 Å². The number of amides is 1. The van der Waals surface area contributed by atoms with Crippen LogP contribution < -0.4 is 15.4 Å².